The first-order valence-corrected chi connectivity index (χ1v) is 4.55. The van der Waals surface area contributed by atoms with Crippen LogP contribution in [-0.2, 0) is 0 Å². The normalized spacial score (nSPS) is 10.8. The smallest absolute Gasteiger partial charge is 0.201 e. The molecule has 0 saturated carbocycles. The van der Waals surface area contributed by atoms with Crippen molar-refractivity contribution in [2.45, 2.75) is 33.8 Å². The second kappa shape index (κ2) is 3.95. The second-order valence-electron chi connectivity index (χ2n) is 3.63. The van der Waals surface area contributed by atoms with Gasteiger partial charge in [0.25, 0.3) is 0 Å². The summed E-state index contributed by atoms with van der Waals surface area (Å²) >= 11 is 0. The Kier molecular flexibility index (Phi) is 3.09. The lowest BCUT2D eigenvalue weighted by Crippen LogP contribution is -2.09. The lowest BCUT2D eigenvalue weighted by atomic mass is 10.1. The number of hydrogen-bond acceptors (Lipinski definition) is 1. The molecule has 1 aromatic rings. The van der Waals surface area contributed by atoms with Crippen molar-refractivity contribution in [3.8, 4) is 5.75 Å². The molecule has 0 fully saturated rings. The lowest BCUT2D eigenvalue weighted by Gasteiger charge is -2.14. The van der Waals surface area contributed by atoms with E-state index in [0.29, 0.717) is 11.1 Å². The van der Waals surface area contributed by atoms with Crippen LogP contribution < -0.4 is 4.74 Å². The molecular weight excluding hydrogens is 186 g/mol. The van der Waals surface area contributed by atoms with Crippen LogP contribution in [0.15, 0.2) is 6.07 Å². The fourth-order valence-electron chi connectivity index (χ4n) is 1.28. The van der Waals surface area contributed by atoms with Gasteiger partial charge < -0.3 is 4.74 Å². The van der Waals surface area contributed by atoms with Crippen molar-refractivity contribution in [2.24, 2.45) is 0 Å². The molecule has 0 heterocycles. The lowest BCUT2D eigenvalue weighted by molar-refractivity contribution is 0.226. The van der Waals surface area contributed by atoms with Crippen molar-refractivity contribution in [3.63, 3.8) is 0 Å². The number of halogens is 2. The van der Waals surface area contributed by atoms with E-state index in [1.165, 1.54) is 6.92 Å². The summed E-state index contributed by atoms with van der Waals surface area (Å²) in [6, 6.07) is 1.58. The fourth-order valence-corrected chi connectivity index (χ4v) is 1.28. The maximum Gasteiger partial charge on any atom is 0.201 e. The molecule has 14 heavy (non-hydrogen) atoms. The predicted molar refractivity (Wildman–Crippen MR) is 51.6 cm³/mol. The van der Waals surface area contributed by atoms with Gasteiger partial charge in [-0.15, -0.1) is 0 Å². The van der Waals surface area contributed by atoms with Crippen molar-refractivity contribution >= 4 is 0 Å². The number of aryl methyl sites for hydroxylation is 2. The average Bonchev–Trinajstić information content (AvgIpc) is 2.09. The molecule has 1 nitrogen and oxygen atoms in total. The van der Waals surface area contributed by atoms with Crippen molar-refractivity contribution in [3.05, 3.63) is 28.8 Å². The van der Waals surface area contributed by atoms with Crippen molar-refractivity contribution in [2.75, 3.05) is 0 Å². The maximum absolute atomic E-state index is 13.4. The van der Waals surface area contributed by atoms with E-state index in [1.807, 2.05) is 0 Å². The molecule has 0 aromatic heterocycles. The van der Waals surface area contributed by atoms with Crippen LogP contribution in [0.25, 0.3) is 0 Å². The third-order valence-corrected chi connectivity index (χ3v) is 1.88. The van der Waals surface area contributed by atoms with Crippen molar-refractivity contribution < 1.29 is 13.5 Å². The zero-order chi connectivity index (χ0) is 10.9. The molecule has 0 aliphatic rings. The van der Waals surface area contributed by atoms with Gasteiger partial charge in [0, 0.05) is 0 Å². The summed E-state index contributed by atoms with van der Waals surface area (Å²) in [4.78, 5) is 0. The Hall–Kier alpha value is -1.12. The molecular formula is C11H14F2O. The molecule has 0 atom stereocenters. The minimum absolute atomic E-state index is 0.0168. The Morgan fingerprint density at radius 3 is 2.14 bits per heavy atom. The topological polar surface area (TPSA) is 9.23 Å². The molecule has 0 amide bonds. The minimum Gasteiger partial charge on any atom is -0.488 e. The fraction of sp³-hybridized carbons (Fsp3) is 0.455. The van der Waals surface area contributed by atoms with E-state index < -0.39 is 11.6 Å². The average molecular weight is 200 g/mol. The number of benzene rings is 1. The Labute approximate surface area is 82.7 Å². The minimum atomic E-state index is -0.892. The first-order chi connectivity index (χ1) is 6.43. The summed E-state index contributed by atoms with van der Waals surface area (Å²) in [6.45, 7) is 6.78. The summed E-state index contributed by atoms with van der Waals surface area (Å²) in [5.41, 5.74) is 0.922. The second-order valence-corrected chi connectivity index (χ2v) is 3.63. The van der Waals surface area contributed by atoms with Crippen LogP contribution in [0.3, 0.4) is 0 Å². The van der Waals surface area contributed by atoms with Crippen molar-refractivity contribution in [1.82, 2.24) is 0 Å². The molecule has 0 spiro atoms. The van der Waals surface area contributed by atoms with Crippen LogP contribution >= 0.6 is 0 Å². The monoisotopic (exact) mass is 200 g/mol. The molecule has 0 unspecified atom stereocenters. The van der Waals surface area contributed by atoms with Gasteiger partial charge in [0.1, 0.15) is 0 Å². The summed E-state index contributed by atoms with van der Waals surface area (Å²) in [5, 5.41) is 0. The van der Waals surface area contributed by atoms with E-state index in [4.69, 9.17) is 4.74 Å². The number of rotatable bonds is 2. The van der Waals surface area contributed by atoms with Crippen LogP contribution in [0.2, 0.25) is 0 Å². The quantitative estimate of drug-likeness (QED) is 0.711. The Balaban J connectivity index is 3.22. The van der Waals surface area contributed by atoms with Gasteiger partial charge in [-0.1, -0.05) is 0 Å². The highest BCUT2D eigenvalue weighted by Crippen LogP contribution is 2.27. The molecule has 1 aromatic carbocycles. The summed E-state index contributed by atoms with van der Waals surface area (Å²) < 4.78 is 31.7. The van der Waals surface area contributed by atoms with Crippen LogP contribution in [0, 0.1) is 25.5 Å². The van der Waals surface area contributed by atoms with Gasteiger partial charge in [-0.25, -0.2) is 4.39 Å². The molecule has 0 saturated heterocycles. The molecule has 0 bridgehead atoms. The molecule has 0 N–H and O–H groups in total. The predicted octanol–water partition coefficient (Wildman–Crippen LogP) is 3.37. The highest BCUT2D eigenvalue weighted by atomic mass is 19.2. The molecule has 0 aliphatic carbocycles. The van der Waals surface area contributed by atoms with Crippen LogP contribution in [0.4, 0.5) is 8.78 Å². The van der Waals surface area contributed by atoms with Gasteiger partial charge >= 0.3 is 0 Å². The van der Waals surface area contributed by atoms with E-state index >= 15 is 0 Å². The Morgan fingerprint density at radius 1 is 1.07 bits per heavy atom. The van der Waals surface area contributed by atoms with Gasteiger partial charge in [0.05, 0.1) is 6.10 Å². The van der Waals surface area contributed by atoms with Crippen molar-refractivity contribution in [1.29, 1.82) is 0 Å². The van der Waals surface area contributed by atoms with Gasteiger partial charge in [-0.05, 0) is 44.9 Å². The van der Waals surface area contributed by atoms with E-state index in [2.05, 4.69) is 0 Å². The third-order valence-electron chi connectivity index (χ3n) is 1.88. The van der Waals surface area contributed by atoms with E-state index in [9.17, 15) is 8.78 Å². The maximum atomic E-state index is 13.4. The highest BCUT2D eigenvalue weighted by Gasteiger charge is 2.16. The zero-order valence-corrected chi connectivity index (χ0v) is 8.82. The van der Waals surface area contributed by atoms with Gasteiger partial charge in [-0.3, -0.25) is 0 Å². The summed E-state index contributed by atoms with van der Waals surface area (Å²) in [7, 11) is 0. The highest BCUT2D eigenvalue weighted by molar-refractivity contribution is 5.38. The SMILES string of the molecule is Cc1cc(C)c(OC(C)C)c(F)c1F. The first kappa shape index (κ1) is 11.0. The molecule has 1 rings (SSSR count). The Morgan fingerprint density at radius 2 is 1.64 bits per heavy atom. The molecule has 3 heteroatoms. The third kappa shape index (κ3) is 2.03. The summed E-state index contributed by atoms with van der Waals surface area (Å²) in [5.74, 6) is -1.70. The van der Waals surface area contributed by atoms with E-state index in [1.54, 1.807) is 26.8 Å². The first-order valence-electron chi connectivity index (χ1n) is 4.55. The van der Waals surface area contributed by atoms with E-state index in [0.717, 1.165) is 0 Å². The van der Waals surface area contributed by atoms with Crippen LogP contribution in [0.5, 0.6) is 5.75 Å². The van der Waals surface area contributed by atoms with Crippen LogP contribution in [0.1, 0.15) is 25.0 Å². The van der Waals surface area contributed by atoms with E-state index in [-0.39, 0.29) is 11.9 Å². The molecule has 78 valence electrons. The number of hydrogen-bond donors (Lipinski definition) is 0. The zero-order valence-electron chi connectivity index (χ0n) is 8.82. The largest absolute Gasteiger partial charge is 0.488 e. The summed E-state index contributed by atoms with van der Waals surface area (Å²) in [6.07, 6.45) is -0.162. The van der Waals surface area contributed by atoms with Crippen LogP contribution in [-0.4, -0.2) is 6.10 Å². The molecule has 0 radical (unpaired) electrons. The van der Waals surface area contributed by atoms with Gasteiger partial charge in [0.15, 0.2) is 11.6 Å². The molecule has 0 aliphatic heterocycles. The Bertz CT molecular complexity index is 346. The standard InChI is InChI=1S/C11H14F2O/c1-6(2)14-11-8(4)5-7(3)9(12)10(11)13/h5-6H,1-4H3. The number of ether oxygens (including phenoxy) is 1. The van der Waals surface area contributed by atoms with Gasteiger partial charge in [0.2, 0.25) is 5.82 Å². The van der Waals surface area contributed by atoms with Gasteiger partial charge in [-0.2, -0.15) is 4.39 Å².